The molecule has 0 radical (unpaired) electrons. The molecule has 0 aromatic carbocycles. The van der Waals surface area contributed by atoms with Gasteiger partial charge in [0.15, 0.2) is 0 Å². The largest absolute Gasteiger partial charge is 0.496 e. The lowest BCUT2D eigenvalue weighted by Gasteiger charge is -2.20. The second kappa shape index (κ2) is 70.4. The van der Waals surface area contributed by atoms with Gasteiger partial charge >= 0.3 is 0 Å². The summed E-state index contributed by atoms with van der Waals surface area (Å²) in [5.41, 5.74) is 1.30. The van der Waals surface area contributed by atoms with Gasteiger partial charge in [-0.05, 0) is 111 Å². The van der Waals surface area contributed by atoms with E-state index in [-0.39, 0.29) is 6.04 Å². The molecule has 0 bridgehead atoms. The molecular formula is C72H144N2O5. The lowest BCUT2D eigenvalue weighted by molar-refractivity contribution is -0.110. The average molecular weight is 1120 g/mol. The van der Waals surface area contributed by atoms with E-state index < -0.39 is 0 Å². The van der Waals surface area contributed by atoms with E-state index in [1.807, 2.05) is 0 Å². The fraction of sp³-hybridized carbons (Fsp3) is 0.903. The summed E-state index contributed by atoms with van der Waals surface area (Å²) in [7, 11) is 4.27. The molecule has 0 aliphatic carbocycles. The molecule has 0 aromatic heterocycles. The van der Waals surface area contributed by atoms with E-state index in [0.717, 1.165) is 82.3 Å². The molecule has 1 amide bonds. The SMILES string of the molecule is C=C(CCCCCCCCCCCC)CCC(COC(=C)CCCCC(CCCCCCCCC)OCCCCCCCC)NC=O.C=C(CCCCCN(C)C)OC(CCC)CCCCCC.CCCCCCCCCCO. The third-order valence-corrected chi connectivity index (χ3v) is 15.6. The lowest BCUT2D eigenvalue weighted by Crippen LogP contribution is -2.32. The second-order valence-electron chi connectivity index (χ2n) is 24.2. The summed E-state index contributed by atoms with van der Waals surface area (Å²) in [6, 6.07) is 0.00966. The van der Waals surface area contributed by atoms with Crippen LogP contribution in [0.1, 0.15) is 363 Å². The van der Waals surface area contributed by atoms with E-state index in [1.165, 1.54) is 275 Å². The summed E-state index contributed by atoms with van der Waals surface area (Å²) in [6.45, 7) is 29.2. The molecular weight excluding hydrogens is 973 g/mol. The molecule has 7 nitrogen and oxygen atoms in total. The molecule has 0 fully saturated rings. The number of aliphatic hydroxyl groups is 1. The first-order chi connectivity index (χ1) is 38.6. The molecule has 0 rings (SSSR count). The molecule has 0 saturated heterocycles. The highest BCUT2D eigenvalue weighted by Crippen LogP contribution is 2.22. The van der Waals surface area contributed by atoms with Gasteiger partial charge in [-0.2, -0.15) is 0 Å². The van der Waals surface area contributed by atoms with Crippen LogP contribution in [-0.4, -0.2) is 75.1 Å². The Hall–Kier alpha value is -1.83. The fourth-order valence-corrected chi connectivity index (χ4v) is 10.3. The topological polar surface area (TPSA) is 80.3 Å². The highest BCUT2D eigenvalue weighted by Gasteiger charge is 2.13. The van der Waals surface area contributed by atoms with E-state index in [9.17, 15) is 4.79 Å². The van der Waals surface area contributed by atoms with E-state index in [4.69, 9.17) is 19.3 Å². The minimum absolute atomic E-state index is 0.00966. The second-order valence-corrected chi connectivity index (χ2v) is 24.2. The Morgan fingerprint density at radius 3 is 1.30 bits per heavy atom. The molecule has 7 heteroatoms. The summed E-state index contributed by atoms with van der Waals surface area (Å²) in [5.74, 6) is 1.84. The molecule has 3 unspecified atom stereocenters. The molecule has 2 N–H and O–H groups in total. The molecule has 0 heterocycles. The number of rotatable bonds is 63. The van der Waals surface area contributed by atoms with Crippen LogP contribution in [-0.2, 0) is 19.0 Å². The van der Waals surface area contributed by atoms with Crippen molar-refractivity contribution in [3.05, 3.63) is 36.8 Å². The normalized spacial score (nSPS) is 12.3. The van der Waals surface area contributed by atoms with E-state index in [1.54, 1.807) is 0 Å². The summed E-state index contributed by atoms with van der Waals surface area (Å²) in [5, 5.41) is 11.5. The van der Waals surface area contributed by atoms with Gasteiger partial charge in [-0.15, -0.1) is 0 Å². The van der Waals surface area contributed by atoms with Crippen molar-refractivity contribution in [3.63, 3.8) is 0 Å². The number of hydrogen-bond acceptors (Lipinski definition) is 6. The zero-order valence-electron chi connectivity index (χ0n) is 55.1. The van der Waals surface area contributed by atoms with Gasteiger partial charge in [-0.3, -0.25) is 4.79 Å². The van der Waals surface area contributed by atoms with Gasteiger partial charge in [0, 0.05) is 26.1 Å². The van der Waals surface area contributed by atoms with Crippen LogP contribution >= 0.6 is 0 Å². The Bertz CT molecular complexity index is 1180. The predicted octanol–water partition coefficient (Wildman–Crippen LogP) is 22.6. The van der Waals surface area contributed by atoms with Crippen molar-refractivity contribution in [2.45, 2.75) is 381 Å². The zero-order chi connectivity index (χ0) is 58.8. The van der Waals surface area contributed by atoms with Gasteiger partial charge in [0.25, 0.3) is 0 Å². The number of carbonyl (C=O) groups excluding carboxylic acids is 1. The maximum atomic E-state index is 11.2. The van der Waals surface area contributed by atoms with Crippen LogP contribution in [0.4, 0.5) is 0 Å². The number of aliphatic hydroxyl groups excluding tert-OH is 1. The number of nitrogens with zero attached hydrogens (tertiary/aromatic N) is 1. The smallest absolute Gasteiger partial charge is 0.207 e. The molecule has 79 heavy (non-hydrogen) atoms. The number of carbonyl (C=O) groups is 1. The van der Waals surface area contributed by atoms with Crippen molar-refractivity contribution < 1.29 is 24.1 Å². The van der Waals surface area contributed by atoms with Gasteiger partial charge in [-0.1, -0.05) is 285 Å². The third kappa shape index (κ3) is 70.4. The summed E-state index contributed by atoms with van der Waals surface area (Å²) >= 11 is 0. The Labute approximate surface area is 496 Å². The summed E-state index contributed by atoms with van der Waals surface area (Å²) < 4.78 is 18.5. The highest BCUT2D eigenvalue weighted by molar-refractivity contribution is 5.46. The zero-order valence-corrected chi connectivity index (χ0v) is 55.1. The first kappa shape index (κ1) is 81.4. The van der Waals surface area contributed by atoms with Crippen molar-refractivity contribution in [1.82, 2.24) is 10.2 Å². The number of unbranched alkanes of at least 4 members (excludes halogenated alkanes) is 33. The van der Waals surface area contributed by atoms with Crippen LogP contribution in [0.5, 0.6) is 0 Å². The standard InChI is InChI=1S/C43H83NO3.C19H39NO.C10H22O/c1-6-9-12-15-18-19-20-22-23-26-31-40(4)35-36-42(44-39-45)38-47-41(5)32-28-29-34-43(33-27-24-21-16-13-10-7-2)46-37-30-25-17-14-11-8-3;1-6-8-9-12-16-19(14-7-2)21-18(3)15-11-10-13-17-20(4)5;1-2-3-4-5-6-7-8-9-10-11/h39,42-43H,4-38H2,1-3H3,(H,44,45);19H,3,6-17H2,1-2,4-5H3;11H,2-10H2,1H3. The Morgan fingerprint density at radius 1 is 0.430 bits per heavy atom. The first-order valence-corrected chi connectivity index (χ1v) is 35.0. The van der Waals surface area contributed by atoms with Crippen LogP contribution in [0.3, 0.4) is 0 Å². The van der Waals surface area contributed by atoms with Gasteiger partial charge in [0.2, 0.25) is 6.41 Å². The number of allylic oxidation sites excluding steroid dienone is 3. The number of hydrogen-bond donors (Lipinski definition) is 2. The number of ether oxygens (including phenoxy) is 3. The summed E-state index contributed by atoms with van der Waals surface area (Å²) in [6.07, 6.45) is 64.9. The van der Waals surface area contributed by atoms with Crippen LogP contribution in [0.25, 0.3) is 0 Å². The molecule has 0 spiro atoms. The monoisotopic (exact) mass is 1120 g/mol. The van der Waals surface area contributed by atoms with Crippen molar-refractivity contribution in [2.75, 3.05) is 40.5 Å². The van der Waals surface area contributed by atoms with Gasteiger partial charge in [0.1, 0.15) is 6.61 Å². The molecule has 472 valence electrons. The molecule has 0 aliphatic heterocycles. The first-order valence-electron chi connectivity index (χ1n) is 35.0. The third-order valence-electron chi connectivity index (χ3n) is 15.6. The van der Waals surface area contributed by atoms with Crippen molar-refractivity contribution >= 4 is 6.41 Å². The van der Waals surface area contributed by atoms with Gasteiger partial charge < -0.3 is 29.5 Å². The Kier molecular flexibility index (Phi) is 72.6. The van der Waals surface area contributed by atoms with Gasteiger partial charge in [-0.25, -0.2) is 0 Å². The Morgan fingerprint density at radius 2 is 0.823 bits per heavy atom. The molecule has 0 aromatic rings. The lowest BCUT2D eigenvalue weighted by atomic mass is 10.0. The number of amides is 1. The molecule has 0 saturated carbocycles. The molecule has 0 aliphatic rings. The quantitative estimate of drug-likeness (QED) is 0.0273. The predicted molar refractivity (Wildman–Crippen MR) is 352 cm³/mol. The number of nitrogens with one attached hydrogen (secondary N) is 1. The average Bonchev–Trinajstić information content (AvgIpc) is 3.43. The van der Waals surface area contributed by atoms with E-state index in [0.29, 0.717) is 25.4 Å². The maximum Gasteiger partial charge on any atom is 0.207 e. The van der Waals surface area contributed by atoms with Crippen molar-refractivity contribution in [2.24, 2.45) is 0 Å². The maximum absolute atomic E-state index is 11.2. The van der Waals surface area contributed by atoms with Crippen LogP contribution in [0.15, 0.2) is 36.8 Å². The van der Waals surface area contributed by atoms with Crippen LogP contribution in [0.2, 0.25) is 0 Å². The minimum atomic E-state index is 0.00966. The van der Waals surface area contributed by atoms with Crippen molar-refractivity contribution in [1.29, 1.82) is 0 Å². The van der Waals surface area contributed by atoms with E-state index in [2.05, 4.69) is 85.6 Å². The minimum Gasteiger partial charge on any atom is -0.496 e. The Balaban J connectivity index is -0.00000147. The molecule has 3 atom stereocenters. The van der Waals surface area contributed by atoms with Crippen LogP contribution in [0, 0.1) is 0 Å². The fourth-order valence-electron chi connectivity index (χ4n) is 10.3. The van der Waals surface area contributed by atoms with E-state index >= 15 is 0 Å². The summed E-state index contributed by atoms with van der Waals surface area (Å²) in [4.78, 5) is 13.5. The highest BCUT2D eigenvalue weighted by atomic mass is 16.5. The van der Waals surface area contributed by atoms with Crippen molar-refractivity contribution in [3.8, 4) is 0 Å². The van der Waals surface area contributed by atoms with Crippen LogP contribution < -0.4 is 5.32 Å². The van der Waals surface area contributed by atoms with Gasteiger partial charge in [0.05, 0.1) is 29.8 Å².